The Hall–Kier alpha value is -2.21. The van der Waals surface area contributed by atoms with E-state index >= 15 is 0 Å². The molecule has 2 aliphatic heterocycles. The Morgan fingerprint density at radius 2 is 1.95 bits per heavy atom. The molecule has 1 atom stereocenters. The molecule has 1 fully saturated rings. The van der Waals surface area contributed by atoms with Crippen LogP contribution in [0, 0.1) is 0 Å². The van der Waals surface area contributed by atoms with E-state index in [0.717, 1.165) is 18.0 Å². The first-order valence-corrected chi connectivity index (χ1v) is 6.99. The number of carbonyl (C=O) groups excluding carboxylic acids is 3. The monoisotopic (exact) mass is 287 g/mol. The number of imide groups is 1. The standard InChI is InChI=1S/C15H17N3O3/c1-9-8-16-5-6-18(9)13(19)10-3-4-11-12(7-10)15(21)17(2)14(11)20/h3-4,7,9,16H,5-6,8H2,1-2H3/t9-/m0/s1. The molecule has 1 aromatic carbocycles. The number of amides is 3. The Balaban J connectivity index is 1.93. The molecule has 110 valence electrons. The summed E-state index contributed by atoms with van der Waals surface area (Å²) in [5, 5.41) is 3.23. The summed E-state index contributed by atoms with van der Waals surface area (Å²) in [5.74, 6) is -0.760. The highest BCUT2D eigenvalue weighted by Gasteiger charge is 2.34. The molecule has 1 aromatic rings. The Labute approximate surface area is 122 Å². The highest BCUT2D eigenvalue weighted by Crippen LogP contribution is 2.23. The van der Waals surface area contributed by atoms with E-state index in [0.29, 0.717) is 23.2 Å². The van der Waals surface area contributed by atoms with Crippen molar-refractivity contribution < 1.29 is 14.4 Å². The average molecular weight is 287 g/mol. The lowest BCUT2D eigenvalue weighted by molar-refractivity contribution is 0.0654. The van der Waals surface area contributed by atoms with Crippen molar-refractivity contribution in [2.75, 3.05) is 26.7 Å². The normalized spacial score (nSPS) is 21.7. The SMILES string of the molecule is C[C@H]1CNCCN1C(=O)c1ccc2c(c1)C(=O)N(C)C2=O. The number of piperazine rings is 1. The maximum atomic E-state index is 12.6. The maximum absolute atomic E-state index is 12.6. The molecular weight excluding hydrogens is 270 g/mol. The largest absolute Gasteiger partial charge is 0.333 e. The average Bonchev–Trinajstić information content (AvgIpc) is 2.71. The third kappa shape index (κ3) is 2.12. The molecule has 2 heterocycles. The number of hydrogen-bond donors (Lipinski definition) is 1. The lowest BCUT2D eigenvalue weighted by Gasteiger charge is -2.34. The maximum Gasteiger partial charge on any atom is 0.261 e. The predicted molar refractivity (Wildman–Crippen MR) is 76.2 cm³/mol. The Bertz CT molecular complexity index is 641. The van der Waals surface area contributed by atoms with Gasteiger partial charge in [0, 0.05) is 38.3 Å². The van der Waals surface area contributed by atoms with Gasteiger partial charge in [0.1, 0.15) is 0 Å². The third-order valence-electron chi connectivity index (χ3n) is 4.10. The first-order valence-electron chi connectivity index (χ1n) is 6.99. The Morgan fingerprint density at radius 3 is 2.67 bits per heavy atom. The lowest BCUT2D eigenvalue weighted by Crippen LogP contribution is -2.52. The number of carbonyl (C=O) groups is 3. The van der Waals surface area contributed by atoms with Crippen molar-refractivity contribution >= 4 is 17.7 Å². The molecule has 21 heavy (non-hydrogen) atoms. The number of rotatable bonds is 1. The van der Waals surface area contributed by atoms with Crippen LogP contribution in [0.2, 0.25) is 0 Å². The molecule has 1 saturated heterocycles. The molecule has 6 nitrogen and oxygen atoms in total. The van der Waals surface area contributed by atoms with Crippen LogP contribution in [0.1, 0.15) is 38.0 Å². The zero-order chi connectivity index (χ0) is 15.1. The fraction of sp³-hybridized carbons (Fsp3) is 0.400. The summed E-state index contributed by atoms with van der Waals surface area (Å²) < 4.78 is 0. The highest BCUT2D eigenvalue weighted by molar-refractivity contribution is 6.21. The summed E-state index contributed by atoms with van der Waals surface area (Å²) >= 11 is 0. The topological polar surface area (TPSA) is 69.7 Å². The van der Waals surface area contributed by atoms with E-state index in [2.05, 4.69) is 5.32 Å². The van der Waals surface area contributed by atoms with Gasteiger partial charge in [-0.2, -0.15) is 0 Å². The summed E-state index contributed by atoms with van der Waals surface area (Å²) in [6.07, 6.45) is 0. The smallest absolute Gasteiger partial charge is 0.261 e. The number of nitrogens with one attached hydrogen (secondary N) is 1. The molecule has 3 amide bonds. The van der Waals surface area contributed by atoms with Crippen LogP contribution in [0.3, 0.4) is 0 Å². The van der Waals surface area contributed by atoms with Crippen molar-refractivity contribution in [2.45, 2.75) is 13.0 Å². The van der Waals surface area contributed by atoms with Crippen LogP contribution in [-0.4, -0.2) is 60.2 Å². The molecular formula is C15H17N3O3. The minimum atomic E-state index is -0.349. The van der Waals surface area contributed by atoms with Gasteiger partial charge in [-0.15, -0.1) is 0 Å². The molecule has 0 unspecified atom stereocenters. The van der Waals surface area contributed by atoms with Gasteiger partial charge in [0.05, 0.1) is 11.1 Å². The number of benzene rings is 1. The second-order valence-electron chi connectivity index (χ2n) is 5.48. The van der Waals surface area contributed by atoms with Crippen LogP contribution in [0.25, 0.3) is 0 Å². The van der Waals surface area contributed by atoms with Crippen molar-refractivity contribution in [2.24, 2.45) is 0 Å². The number of nitrogens with zero attached hydrogens (tertiary/aromatic N) is 2. The van der Waals surface area contributed by atoms with Gasteiger partial charge in [-0.25, -0.2) is 0 Å². The second kappa shape index (κ2) is 4.96. The number of fused-ring (bicyclic) bond motifs is 1. The highest BCUT2D eigenvalue weighted by atomic mass is 16.2. The van der Waals surface area contributed by atoms with E-state index in [4.69, 9.17) is 0 Å². The third-order valence-corrected chi connectivity index (χ3v) is 4.10. The molecule has 1 N–H and O–H groups in total. The van der Waals surface area contributed by atoms with Crippen molar-refractivity contribution in [3.8, 4) is 0 Å². The summed E-state index contributed by atoms with van der Waals surface area (Å²) in [6, 6.07) is 4.84. The summed E-state index contributed by atoms with van der Waals surface area (Å²) in [4.78, 5) is 39.3. The van der Waals surface area contributed by atoms with Crippen molar-refractivity contribution in [1.82, 2.24) is 15.1 Å². The van der Waals surface area contributed by atoms with Gasteiger partial charge in [-0.05, 0) is 25.1 Å². The summed E-state index contributed by atoms with van der Waals surface area (Å²) in [5.41, 5.74) is 1.14. The zero-order valence-electron chi connectivity index (χ0n) is 12.0. The van der Waals surface area contributed by atoms with E-state index < -0.39 is 0 Å². The van der Waals surface area contributed by atoms with Gasteiger partial charge < -0.3 is 10.2 Å². The van der Waals surface area contributed by atoms with E-state index in [1.165, 1.54) is 13.1 Å². The van der Waals surface area contributed by atoms with Gasteiger partial charge >= 0.3 is 0 Å². The first-order chi connectivity index (χ1) is 10.0. The van der Waals surface area contributed by atoms with Crippen LogP contribution in [0.5, 0.6) is 0 Å². The zero-order valence-corrected chi connectivity index (χ0v) is 12.0. The molecule has 0 saturated carbocycles. The minimum Gasteiger partial charge on any atom is -0.333 e. The molecule has 2 aliphatic rings. The number of hydrogen-bond acceptors (Lipinski definition) is 4. The van der Waals surface area contributed by atoms with E-state index in [1.54, 1.807) is 17.0 Å². The van der Waals surface area contributed by atoms with E-state index in [-0.39, 0.29) is 23.8 Å². The summed E-state index contributed by atoms with van der Waals surface area (Å²) in [7, 11) is 1.45. The van der Waals surface area contributed by atoms with Crippen LogP contribution in [0.4, 0.5) is 0 Å². The molecule has 6 heteroatoms. The van der Waals surface area contributed by atoms with Gasteiger partial charge in [0.15, 0.2) is 0 Å². The molecule has 0 aromatic heterocycles. The molecule has 0 bridgehead atoms. The fourth-order valence-electron chi connectivity index (χ4n) is 2.80. The fourth-order valence-corrected chi connectivity index (χ4v) is 2.80. The van der Waals surface area contributed by atoms with Gasteiger partial charge in [0.25, 0.3) is 17.7 Å². The first kappa shape index (κ1) is 13.8. The summed E-state index contributed by atoms with van der Waals surface area (Å²) in [6.45, 7) is 4.15. The van der Waals surface area contributed by atoms with Gasteiger partial charge in [0.2, 0.25) is 0 Å². The molecule has 0 aliphatic carbocycles. The predicted octanol–water partition coefficient (Wildman–Crippen LogP) is 0.346. The van der Waals surface area contributed by atoms with Gasteiger partial charge in [-0.1, -0.05) is 0 Å². The van der Waals surface area contributed by atoms with Crippen LogP contribution < -0.4 is 5.32 Å². The van der Waals surface area contributed by atoms with E-state index in [9.17, 15) is 14.4 Å². The molecule has 0 radical (unpaired) electrons. The van der Waals surface area contributed by atoms with Crippen LogP contribution in [-0.2, 0) is 0 Å². The second-order valence-corrected chi connectivity index (χ2v) is 5.48. The van der Waals surface area contributed by atoms with Crippen LogP contribution in [0.15, 0.2) is 18.2 Å². The van der Waals surface area contributed by atoms with Crippen molar-refractivity contribution in [3.63, 3.8) is 0 Å². The Kier molecular flexibility index (Phi) is 3.25. The lowest BCUT2D eigenvalue weighted by atomic mass is 10.0. The molecule has 3 rings (SSSR count). The minimum absolute atomic E-state index is 0.0957. The quantitative estimate of drug-likeness (QED) is 0.757. The Morgan fingerprint density at radius 1 is 1.24 bits per heavy atom. The van der Waals surface area contributed by atoms with E-state index in [1.807, 2.05) is 6.92 Å². The van der Waals surface area contributed by atoms with Gasteiger partial charge in [-0.3, -0.25) is 19.3 Å². The van der Waals surface area contributed by atoms with Crippen molar-refractivity contribution in [3.05, 3.63) is 34.9 Å². The van der Waals surface area contributed by atoms with Crippen LogP contribution >= 0.6 is 0 Å². The molecule has 0 spiro atoms. The van der Waals surface area contributed by atoms with Crippen molar-refractivity contribution in [1.29, 1.82) is 0 Å².